The Kier molecular flexibility index (Phi) is 4.25. The Balaban J connectivity index is 1.91. The first-order valence-corrected chi connectivity index (χ1v) is 8.28. The molecule has 0 saturated heterocycles. The topological polar surface area (TPSA) is 16.1 Å². The Morgan fingerprint density at radius 3 is 2.55 bits per heavy atom. The molecule has 0 saturated carbocycles. The summed E-state index contributed by atoms with van der Waals surface area (Å²) in [5.41, 5.74) is 6.50. The standard InChI is InChI=1S/C19H20N2S/c1-4-17-15(13-19-18(17)11-12-20-22-19)8-5-14-6-9-16(10-7-14)21(2)3/h5-13H,4H2,1-3H3. The quantitative estimate of drug-likeness (QED) is 0.670. The lowest BCUT2D eigenvalue weighted by Crippen LogP contribution is -2.07. The summed E-state index contributed by atoms with van der Waals surface area (Å²) in [5.74, 6) is 0. The van der Waals surface area contributed by atoms with Crippen LogP contribution in [0.3, 0.4) is 0 Å². The van der Waals surface area contributed by atoms with Gasteiger partial charge in [-0.15, -0.1) is 0 Å². The summed E-state index contributed by atoms with van der Waals surface area (Å²) in [5, 5.41) is 0. The maximum atomic E-state index is 4.26. The predicted octanol–water partition coefficient (Wildman–Crippen LogP) is 5.05. The normalized spacial score (nSPS) is 11.4. The molecule has 1 aromatic carbocycles. The van der Waals surface area contributed by atoms with Crippen molar-refractivity contribution in [3.05, 3.63) is 59.3 Å². The average Bonchev–Trinajstić information content (AvgIpc) is 2.90. The van der Waals surface area contributed by atoms with Gasteiger partial charge in [-0.25, -0.2) is 4.37 Å². The zero-order chi connectivity index (χ0) is 15.5. The Bertz CT molecular complexity index is 754. The molecule has 0 aromatic heterocycles. The molecule has 1 aliphatic carbocycles. The van der Waals surface area contributed by atoms with Crippen LogP contribution in [0.5, 0.6) is 0 Å². The van der Waals surface area contributed by atoms with E-state index in [0.29, 0.717) is 0 Å². The fourth-order valence-corrected chi connectivity index (χ4v) is 3.38. The Labute approximate surface area is 136 Å². The number of aromatic nitrogens is 1. The molecule has 3 rings (SSSR count). The van der Waals surface area contributed by atoms with Crippen LogP contribution in [-0.4, -0.2) is 18.5 Å². The van der Waals surface area contributed by atoms with Gasteiger partial charge in [0.15, 0.2) is 0 Å². The van der Waals surface area contributed by atoms with E-state index in [0.717, 1.165) is 6.42 Å². The number of rotatable bonds is 4. The van der Waals surface area contributed by atoms with Gasteiger partial charge in [0.05, 0.1) is 4.88 Å². The molecule has 1 aromatic rings. The number of nitrogens with zero attached hydrogens (tertiary/aromatic N) is 2. The van der Waals surface area contributed by atoms with Crippen LogP contribution >= 0.6 is 11.5 Å². The van der Waals surface area contributed by atoms with Crippen LogP contribution in [0.15, 0.2) is 42.6 Å². The maximum Gasteiger partial charge on any atom is 0.0543 e. The third kappa shape index (κ3) is 2.90. The molecule has 2 nitrogen and oxygen atoms in total. The first-order valence-electron chi connectivity index (χ1n) is 7.51. The van der Waals surface area contributed by atoms with E-state index in [-0.39, 0.29) is 0 Å². The molecular weight excluding hydrogens is 288 g/mol. The first kappa shape index (κ1) is 14.8. The molecule has 0 atom stereocenters. The third-order valence-electron chi connectivity index (χ3n) is 3.90. The van der Waals surface area contributed by atoms with Gasteiger partial charge in [0.25, 0.3) is 0 Å². The summed E-state index contributed by atoms with van der Waals surface area (Å²) in [6.45, 7) is 2.21. The lowest BCUT2D eigenvalue weighted by atomic mass is 10.1. The summed E-state index contributed by atoms with van der Waals surface area (Å²) in [7, 11) is 4.12. The Morgan fingerprint density at radius 2 is 1.86 bits per heavy atom. The van der Waals surface area contributed by atoms with E-state index in [1.807, 2.05) is 6.20 Å². The minimum atomic E-state index is 1.04. The van der Waals surface area contributed by atoms with Crippen molar-refractivity contribution in [1.82, 2.24) is 4.37 Å². The van der Waals surface area contributed by atoms with E-state index in [9.17, 15) is 0 Å². The van der Waals surface area contributed by atoms with Gasteiger partial charge in [-0.3, -0.25) is 0 Å². The molecule has 0 amide bonds. The highest BCUT2D eigenvalue weighted by molar-refractivity contribution is 7.09. The molecule has 1 aliphatic heterocycles. The van der Waals surface area contributed by atoms with Crippen molar-refractivity contribution in [2.75, 3.05) is 19.0 Å². The highest BCUT2D eigenvalue weighted by Gasteiger charge is 2.13. The fraction of sp³-hybridized carbons (Fsp3) is 0.211. The van der Waals surface area contributed by atoms with Crippen molar-refractivity contribution in [2.45, 2.75) is 13.3 Å². The lowest BCUT2D eigenvalue weighted by Gasteiger charge is -2.11. The summed E-state index contributed by atoms with van der Waals surface area (Å²) < 4.78 is 4.26. The number of anilines is 1. The fourth-order valence-electron chi connectivity index (χ4n) is 2.67. The largest absolute Gasteiger partial charge is 0.378 e. The SMILES string of the molecule is CCc1c(C=Cc2ccc(N(C)C)cc2)cc2snccc1-2. The van der Waals surface area contributed by atoms with Gasteiger partial charge < -0.3 is 4.90 Å². The number of fused-ring (bicyclic) bond motifs is 1. The van der Waals surface area contributed by atoms with Crippen molar-refractivity contribution >= 4 is 29.4 Å². The second-order valence-electron chi connectivity index (χ2n) is 5.54. The summed E-state index contributed by atoms with van der Waals surface area (Å²) in [6.07, 6.45) is 7.33. The Morgan fingerprint density at radius 1 is 1.09 bits per heavy atom. The summed E-state index contributed by atoms with van der Waals surface area (Å²) >= 11 is 1.56. The minimum absolute atomic E-state index is 1.04. The van der Waals surface area contributed by atoms with E-state index >= 15 is 0 Å². The molecule has 1 heterocycles. The van der Waals surface area contributed by atoms with Crippen LogP contribution in [0.1, 0.15) is 23.6 Å². The maximum absolute atomic E-state index is 4.26. The second kappa shape index (κ2) is 6.32. The second-order valence-corrected chi connectivity index (χ2v) is 6.37. The smallest absolute Gasteiger partial charge is 0.0543 e. The predicted molar refractivity (Wildman–Crippen MR) is 97.8 cm³/mol. The van der Waals surface area contributed by atoms with E-state index in [1.54, 1.807) is 11.5 Å². The van der Waals surface area contributed by atoms with Crippen molar-refractivity contribution in [1.29, 1.82) is 0 Å². The van der Waals surface area contributed by atoms with Crippen LogP contribution in [0, 0.1) is 0 Å². The third-order valence-corrected chi connectivity index (χ3v) is 4.66. The van der Waals surface area contributed by atoms with Crippen LogP contribution in [0.25, 0.3) is 22.6 Å². The molecule has 22 heavy (non-hydrogen) atoms. The van der Waals surface area contributed by atoms with Gasteiger partial charge >= 0.3 is 0 Å². The average molecular weight is 308 g/mol. The molecule has 0 bridgehead atoms. The molecule has 0 unspecified atom stereocenters. The van der Waals surface area contributed by atoms with Gasteiger partial charge in [-0.1, -0.05) is 31.2 Å². The molecule has 0 radical (unpaired) electrons. The van der Waals surface area contributed by atoms with Crippen molar-refractivity contribution < 1.29 is 0 Å². The van der Waals surface area contributed by atoms with Gasteiger partial charge in [0.2, 0.25) is 0 Å². The Hall–Kier alpha value is -2.13. The molecule has 2 aliphatic rings. The number of hydrogen-bond donors (Lipinski definition) is 0. The molecule has 0 spiro atoms. The zero-order valence-electron chi connectivity index (χ0n) is 13.2. The summed E-state index contributed by atoms with van der Waals surface area (Å²) in [6, 6.07) is 13.0. The van der Waals surface area contributed by atoms with E-state index in [4.69, 9.17) is 0 Å². The highest BCUT2D eigenvalue weighted by Crippen LogP contribution is 2.35. The summed E-state index contributed by atoms with van der Waals surface area (Å²) in [4.78, 5) is 3.38. The van der Waals surface area contributed by atoms with Crippen LogP contribution in [0.4, 0.5) is 5.69 Å². The first-order chi connectivity index (χ1) is 10.7. The monoisotopic (exact) mass is 308 g/mol. The lowest BCUT2D eigenvalue weighted by molar-refractivity contribution is 1.13. The minimum Gasteiger partial charge on any atom is -0.378 e. The van der Waals surface area contributed by atoms with Gasteiger partial charge in [0.1, 0.15) is 0 Å². The van der Waals surface area contributed by atoms with Crippen LogP contribution < -0.4 is 4.90 Å². The van der Waals surface area contributed by atoms with Crippen molar-refractivity contribution in [2.24, 2.45) is 0 Å². The molecule has 0 fully saturated rings. The van der Waals surface area contributed by atoms with Gasteiger partial charge in [-0.05, 0) is 64.5 Å². The van der Waals surface area contributed by atoms with Gasteiger partial charge in [0, 0.05) is 26.0 Å². The molecular formula is C19H20N2S. The zero-order valence-corrected chi connectivity index (χ0v) is 14.0. The molecule has 0 N–H and O–H groups in total. The van der Waals surface area contributed by atoms with E-state index in [2.05, 4.69) is 78.8 Å². The van der Waals surface area contributed by atoms with E-state index in [1.165, 1.54) is 32.8 Å². The van der Waals surface area contributed by atoms with Crippen LogP contribution in [0.2, 0.25) is 0 Å². The van der Waals surface area contributed by atoms with Crippen molar-refractivity contribution in [3.8, 4) is 10.4 Å². The molecule has 3 heteroatoms. The van der Waals surface area contributed by atoms with Gasteiger partial charge in [-0.2, -0.15) is 0 Å². The van der Waals surface area contributed by atoms with E-state index < -0.39 is 0 Å². The van der Waals surface area contributed by atoms with Crippen molar-refractivity contribution in [3.63, 3.8) is 0 Å². The molecule has 112 valence electrons. The number of benzene rings is 1. The van der Waals surface area contributed by atoms with Crippen LogP contribution in [-0.2, 0) is 6.42 Å². The highest BCUT2D eigenvalue weighted by atomic mass is 32.1. The number of hydrogen-bond acceptors (Lipinski definition) is 3.